The Balaban J connectivity index is 2.92. The van der Waals surface area contributed by atoms with E-state index in [1.165, 1.54) is 0 Å². The third kappa shape index (κ3) is 1.36. The molecule has 3 heteroatoms. The van der Waals surface area contributed by atoms with Crippen molar-refractivity contribution < 1.29 is 4.42 Å². The topological polar surface area (TPSA) is 39.2 Å². The van der Waals surface area contributed by atoms with Crippen LogP contribution in [-0.2, 0) is 12.3 Å². The number of aryl methyl sites for hydroxylation is 1. The summed E-state index contributed by atoms with van der Waals surface area (Å²) in [7, 11) is 0. The summed E-state index contributed by atoms with van der Waals surface area (Å²) in [5.41, 5.74) is 6.51. The van der Waals surface area contributed by atoms with E-state index in [0.29, 0.717) is 12.3 Å². The first-order valence-electron chi connectivity index (χ1n) is 3.17. The second-order valence-electron chi connectivity index (χ2n) is 2.16. The molecular formula is C7H11NOS. The van der Waals surface area contributed by atoms with Crippen LogP contribution in [0, 0.1) is 6.92 Å². The van der Waals surface area contributed by atoms with Crippen LogP contribution in [0.3, 0.4) is 0 Å². The van der Waals surface area contributed by atoms with Gasteiger partial charge in [0.05, 0.1) is 0 Å². The minimum absolute atomic E-state index is 0.545. The van der Waals surface area contributed by atoms with Crippen LogP contribution in [0.1, 0.15) is 17.1 Å². The molecule has 0 aromatic carbocycles. The summed E-state index contributed by atoms with van der Waals surface area (Å²) < 4.78 is 5.30. The predicted octanol–water partition coefficient (Wildman–Crippen LogP) is 1.48. The van der Waals surface area contributed by atoms with E-state index in [2.05, 4.69) is 12.6 Å². The molecule has 56 valence electrons. The molecule has 0 aliphatic carbocycles. The number of hydrogen-bond donors (Lipinski definition) is 2. The molecular weight excluding hydrogens is 146 g/mol. The van der Waals surface area contributed by atoms with Crippen LogP contribution in [0.4, 0.5) is 0 Å². The van der Waals surface area contributed by atoms with Crippen LogP contribution in [0.5, 0.6) is 0 Å². The average molecular weight is 157 g/mol. The molecule has 0 fully saturated rings. The fourth-order valence-corrected chi connectivity index (χ4v) is 1.02. The SMILES string of the molecule is Cc1oc(CS)cc1CN. The van der Waals surface area contributed by atoms with E-state index in [1.807, 2.05) is 13.0 Å². The van der Waals surface area contributed by atoms with E-state index in [0.717, 1.165) is 17.1 Å². The van der Waals surface area contributed by atoms with Gasteiger partial charge in [-0.1, -0.05) is 0 Å². The molecule has 1 aromatic heterocycles. The molecule has 1 aromatic rings. The van der Waals surface area contributed by atoms with E-state index in [9.17, 15) is 0 Å². The van der Waals surface area contributed by atoms with Gasteiger partial charge in [0.2, 0.25) is 0 Å². The third-order valence-corrected chi connectivity index (χ3v) is 1.76. The highest BCUT2D eigenvalue weighted by atomic mass is 32.1. The molecule has 0 unspecified atom stereocenters. The fraction of sp³-hybridized carbons (Fsp3) is 0.429. The van der Waals surface area contributed by atoms with Gasteiger partial charge in [0.1, 0.15) is 11.5 Å². The van der Waals surface area contributed by atoms with Gasteiger partial charge < -0.3 is 10.2 Å². The van der Waals surface area contributed by atoms with Crippen molar-refractivity contribution in [2.75, 3.05) is 0 Å². The summed E-state index contributed by atoms with van der Waals surface area (Å²) >= 11 is 4.08. The zero-order chi connectivity index (χ0) is 7.56. The summed E-state index contributed by atoms with van der Waals surface area (Å²) in [6.07, 6.45) is 0. The van der Waals surface area contributed by atoms with Crippen molar-refractivity contribution in [1.82, 2.24) is 0 Å². The van der Waals surface area contributed by atoms with Crippen molar-refractivity contribution in [2.24, 2.45) is 5.73 Å². The van der Waals surface area contributed by atoms with Crippen molar-refractivity contribution in [3.05, 3.63) is 23.2 Å². The Hall–Kier alpha value is -0.410. The molecule has 0 saturated carbocycles. The Morgan fingerprint density at radius 1 is 1.70 bits per heavy atom. The van der Waals surface area contributed by atoms with Gasteiger partial charge >= 0.3 is 0 Å². The first kappa shape index (κ1) is 7.69. The Morgan fingerprint density at radius 2 is 2.40 bits per heavy atom. The van der Waals surface area contributed by atoms with Gasteiger partial charge in [-0.05, 0) is 13.0 Å². The van der Waals surface area contributed by atoms with Crippen LogP contribution in [-0.4, -0.2) is 0 Å². The Morgan fingerprint density at radius 3 is 2.70 bits per heavy atom. The second-order valence-corrected chi connectivity index (χ2v) is 2.47. The highest BCUT2D eigenvalue weighted by Crippen LogP contribution is 2.14. The van der Waals surface area contributed by atoms with Gasteiger partial charge in [-0.25, -0.2) is 0 Å². The van der Waals surface area contributed by atoms with E-state index in [4.69, 9.17) is 10.2 Å². The molecule has 0 spiro atoms. The molecule has 0 bridgehead atoms. The van der Waals surface area contributed by atoms with Gasteiger partial charge in [-0.2, -0.15) is 12.6 Å². The number of hydrogen-bond acceptors (Lipinski definition) is 3. The quantitative estimate of drug-likeness (QED) is 0.638. The Bertz CT molecular complexity index is 219. The van der Waals surface area contributed by atoms with Crippen LogP contribution in [0.25, 0.3) is 0 Å². The van der Waals surface area contributed by atoms with E-state index < -0.39 is 0 Å². The fourth-order valence-electron chi connectivity index (χ4n) is 0.868. The lowest BCUT2D eigenvalue weighted by Gasteiger charge is -1.87. The summed E-state index contributed by atoms with van der Waals surface area (Å²) in [4.78, 5) is 0. The van der Waals surface area contributed by atoms with Crippen molar-refractivity contribution in [3.63, 3.8) is 0 Å². The van der Waals surface area contributed by atoms with E-state index in [1.54, 1.807) is 0 Å². The molecule has 2 N–H and O–H groups in total. The molecule has 0 aliphatic heterocycles. The van der Waals surface area contributed by atoms with Crippen molar-refractivity contribution in [1.29, 1.82) is 0 Å². The maximum absolute atomic E-state index is 5.43. The molecule has 0 atom stereocenters. The second kappa shape index (κ2) is 3.12. The predicted molar refractivity (Wildman–Crippen MR) is 44.0 cm³/mol. The van der Waals surface area contributed by atoms with Crippen LogP contribution < -0.4 is 5.73 Å². The summed E-state index contributed by atoms with van der Waals surface area (Å²) in [5, 5.41) is 0. The van der Waals surface area contributed by atoms with E-state index >= 15 is 0 Å². The van der Waals surface area contributed by atoms with Crippen molar-refractivity contribution >= 4 is 12.6 Å². The Kier molecular flexibility index (Phi) is 2.40. The lowest BCUT2D eigenvalue weighted by Crippen LogP contribution is -1.95. The van der Waals surface area contributed by atoms with Crippen molar-refractivity contribution in [3.8, 4) is 0 Å². The summed E-state index contributed by atoms with van der Waals surface area (Å²) in [5.74, 6) is 2.44. The van der Waals surface area contributed by atoms with Crippen LogP contribution in [0.15, 0.2) is 10.5 Å². The van der Waals surface area contributed by atoms with Crippen LogP contribution in [0.2, 0.25) is 0 Å². The zero-order valence-electron chi connectivity index (χ0n) is 5.92. The molecule has 0 radical (unpaired) electrons. The molecule has 0 saturated heterocycles. The average Bonchev–Trinajstić information content (AvgIpc) is 2.30. The first-order chi connectivity index (χ1) is 4.77. The van der Waals surface area contributed by atoms with Gasteiger partial charge in [0.25, 0.3) is 0 Å². The van der Waals surface area contributed by atoms with Gasteiger partial charge in [0, 0.05) is 17.9 Å². The molecule has 0 aliphatic rings. The van der Waals surface area contributed by atoms with Gasteiger partial charge in [-0.3, -0.25) is 0 Å². The van der Waals surface area contributed by atoms with E-state index in [-0.39, 0.29) is 0 Å². The summed E-state index contributed by atoms with van der Waals surface area (Å²) in [6.45, 7) is 2.46. The number of rotatable bonds is 2. The number of nitrogens with two attached hydrogens (primary N) is 1. The largest absolute Gasteiger partial charge is 0.465 e. The molecule has 2 nitrogen and oxygen atoms in total. The molecule has 1 heterocycles. The number of thiol groups is 1. The monoisotopic (exact) mass is 157 g/mol. The highest BCUT2D eigenvalue weighted by molar-refractivity contribution is 7.79. The lowest BCUT2D eigenvalue weighted by molar-refractivity contribution is 0.498. The maximum Gasteiger partial charge on any atom is 0.114 e. The smallest absolute Gasteiger partial charge is 0.114 e. The number of furan rings is 1. The highest BCUT2D eigenvalue weighted by Gasteiger charge is 2.02. The van der Waals surface area contributed by atoms with Gasteiger partial charge in [-0.15, -0.1) is 0 Å². The maximum atomic E-state index is 5.43. The Labute approximate surface area is 65.8 Å². The minimum Gasteiger partial charge on any atom is -0.465 e. The first-order valence-corrected chi connectivity index (χ1v) is 3.80. The summed E-state index contributed by atoms with van der Waals surface area (Å²) in [6, 6.07) is 1.95. The van der Waals surface area contributed by atoms with Crippen molar-refractivity contribution in [2.45, 2.75) is 19.2 Å². The van der Waals surface area contributed by atoms with Crippen LogP contribution >= 0.6 is 12.6 Å². The zero-order valence-corrected chi connectivity index (χ0v) is 6.82. The standard InChI is InChI=1S/C7H11NOS/c1-5-6(3-8)2-7(4-10)9-5/h2,10H,3-4,8H2,1H3. The molecule has 0 amide bonds. The normalized spacial score (nSPS) is 10.3. The molecule has 10 heavy (non-hydrogen) atoms. The van der Waals surface area contributed by atoms with Gasteiger partial charge in [0.15, 0.2) is 0 Å². The minimum atomic E-state index is 0.545. The third-order valence-electron chi connectivity index (χ3n) is 1.45. The lowest BCUT2D eigenvalue weighted by atomic mass is 10.2. The molecule has 1 rings (SSSR count).